The van der Waals surface area contributed by atoms with Gasteiger partial charge in [0, 0.05) is 11.1 Å². The first-order chi connectivity index (χ1) is 9.65. The molecule has 0 atom stereocenters. The minimum Gasteiger partial charge on any atom is -0.495 e. The minimum atomic E-state index is -0.196. The van der Waals surface area contributed by atoms with Gasteiger partial charge in [-0.05, 0) is 71.6 Å². The molecule has 1 saturated carbocycles. The molecule has 2 nitrogen and oxygen atoms in total. The van der Waals surface area contributed by atoms with Crippen LogP contribution >= 0.6 is 15.9 Å². The van der Waals surface area contributed by atoms with E-state index in [1.807, 2.05) is 0 Å². The zero-order valence-electron chi connectivity index (χ0n) is 12.3. The van der Waals surface area contributed by atoms with Gasteiger partial charge in [-0.15, -0.1) is 0 Å². The summed E-state index contributed by atoms with van der Waals surface area (Å²) in [5.74, 6) is 0.982. The van der Waals surface area contributed by atoms with Gasteiger partial charge in [0.05, 0.1) is 11.6 Å². The van der Waals surface area contributed by atoms with Crippen molar-refractivity contribution in [2.24, 2.45) is 5.73 Å². The monoisotopic (exact) mass is 337 g/mol. The van der Waals surface area contributed by atoms with Crippen LogP contribution in [0.3, 0.4) is 0 Å². The molecule has 3 rings (SSSR count). The fourth-order valence-electron chi connectivity index (χ4n) is 3.86. The lowest BCUT2D eigenvalue weighted by atomic mass is 9.75. The Labute approximate surface area is 130 Å². The van der Waals surface area contributed by atoms with Crippen LogP contribution in [-0.4, -0.2) is 7.11 Å². The lowest BCUT2D eigenvalue weighted by molar-refractivity contribution is 0.288. The third-order valence-corrected chi connectivity index (χ3v) is 5.86. The van der Waals surface area contributed by atoms with Gasteiger partial charge in [0.2, 0.25) is 0 Å². The van der Waals surface area contributed by atoms with Gasteiger partial charge in [-0.25, -0.2) is 0 Å². The first kappa shape index (κ1) is 14.4. The van der Waals surface area contributed by atoms with E-state index in [-0.39, 0.29) is 5.54 Å². The molecule has 2 aliphatic carbocycles. The zero-order valence-corrected chi connectivity index (χ0v) is 13.9. The molecule has 3 heteroatoms. The quantitative estimate of drug-likeness (QED) is 0.864. The van der Waals surface area contributed by atoms with Crippen LogP contribution < -0.4 is 10.5 Å². The van der Waals surface area contributed by atoms with Crippen molar-refractivity contribution in [3.63, 3.8) is 0 Å². The van der Waals surface area contributed by atoms with E-state index >= 15 is 0 Å². The number of hydrogen-bond donors (Lipinski definition) is 1. The molecule has 20 heavy (non-hydrogen) atoms. The molecule has 0 unspecified atom stereocenters. The number of rotatable bonds is 2. The number of halogens is 1. The molecule has 1 aromatic carbocycles. The maximum absolute atomic E-state index is 6.76. The third kappa shape index (κ3) is 2.39. The summed E-state index contributed by atoms with van der Waals surface area (Å²) in [6.45, 7) is 0. The van der Waals surface area contributed by atoms with Crippen LogP contribution in [0.15, 0.2) is 10.5 Å². The zero-order chi connectivity index (χ0) is 14.2. The van der Waals surface area contributed by atoms with E-state index in [0.717, 1.165) is 29.5 Å². The summed E-state index contributed by atoms with van der Waals surface area (Å²) in [5.41, 5.74) is 10.7. The number of benzene rings is 1. The second-order valence-corrected chi connectivity index (χ2v) is 7.13. The van der Waals surface area contributed by atoms with Gasteiger partial charge in [-0.1, -0.05) is 19.3 Å². The predicted molar refractivity (Wildman–Crippen MR) is 86.3 cm³/mol. The maximum atomic E-state index is 6.76. The molecule has 0 spiro atoms. The molecule has 2 aliphatic rings. The number of methoxy groups -OCH3 is 1. The molecule has 0 amide bonds. The standard InChI is InChI=1S/C17H24BrNO/c1-20-16-14(17(19)9-5-2-6-10-17)11-12-7-3-4-8-13(12)15(16)18/h11H,2-10,19H2,1H3. The van der Waals surface area contributed by atoms with E-state index in [2.05, 4.69) is 22.0 Å². The maximum Gasteiger partial charge on any atom is 0.138 e. The molecule has 2 N–H and O–H groups in total. The van der Waals surface area contributed by atoms with Crippen molar-refractivity contribution < 1.29 is 4.74 Å². The van der Waals surface area contributed by atoms with Gasteiger partial charge in [0.25, 0.3) is 0 Å². The largest absolute Gasteiger partial charge is 0.495 e. The second-order valence-electron chi connectivity index (χ2n) is 6.33. The highest BCUT2D eigenvalue weighted by molar-refractivity contribution is 9.10. The van der Waals surface area contributed by atoms with Crippen molar-refractivity contribution in [2.45, 2.75) is 63.3 Å². The van der Waals surface area contributed by atoms with Crippen molar-refractivity contribution in [1.29, 1.82) is 0 Å². The highest BCUT2D eigenvalue weighted by Crippen LogP contribution is 2.45. The van der Waals surface area contributed by atoms with E-state index < -0.39 is 0 Å². The Morgan fingerprint density at radius 3 is 2.50 bits per heavy atom. The first-order valence-electron chi connectivity index (χ1n) is 7.83. The Kier molecular flexibility index (Phi) is 4.09. The van der Waals surface area contributed by atoms with Crippen LogP contribution in [0.2, 0.25) is 0 Å². The van der Waals surface area contributed by atoms with E-state index in [9.17, 15) is 0 Å². The Balaban J connectivity index is 2.11. The number of aryl methyl sites for hydroxylation is 1. The predicted octanol–water partition coefficient (Wildman–Crippen LogP) is 4.45. The summed E-state index contributed by atoms with van der Waals surface area (Å²) in [5, 5.41) is 0. The normalized spacial score (nSPS) is 21.4. The van der Waals surface area contributed by atoms with E-state index in [1.54, 1.807) is 7.11 Å². The van der Waals surface area contributed by atoms with Gasteiger partial charge >= 0.3 is 0 Å². The molecule has 0 aliphatic heterocycles. The van der Waals surface area contributed by atoms with Gasteiger partial charge in [0.15, 0.2) is 0 Å². The van der Waals surface area contributed by atoms with E-state index in [1.165, 1.54) is 55.2 Å². The summed E-state index contributed by atoms with van der Waals surface area (Å²) in [6, 6.07) is 2.35. The van der Waals surface area contributed by atoms with Crippen molar-refractivity contribution in [3.05, 3.63) is 27.2 Å². The Bertz CT molecular complexity index is 506. The fraction of sp³-hybridized carbons (Fsp3) is 0.647. The molecule has 1 fully saturated rings. The van der Waals surface area contributed by atoms with Gasteiger partial charge in [-0.3, -0.25) is 0 Å². The molecule has 0 bridgehead atoms. The molecule has 1 aromatic rings. The van der Waals surface area contributed by atoms with Crippen LogP contribution in [0, 0.1) is 0 Å². The van der Waals surface area contributed by atoms with Gasteiger partial charge < -0.3 is 10.5 Å². The van der Waals surface area contributed by atoms with Crippen molar-refractivity contribution in [1.82, 2.24) is 0 Å². The van der Waals surface area contributed by atoms with Crippen molar-refractivity contribution in [3.8, 4) is 5.75 Å². The number of hydrogen-bond acceptors (Lipinski definition) is 2. The summed E-state index contributed by atoms with van der Waals surface area (Å²) in [4.78, 5) is 0. The van der Waals surface area contributed by atoms with Crippen molar-refractivity contribution >= 4 is 15.9 Å². The van der Waals surface area contributed by atoms with E-state index in [4.69, 9.17) is 10.5 Å². The lowest BCUT2D eigenvalue weighted by Gasteiger charge is -2.36. The van der Waals surface area contributed by atoms with Crippen LogP contribution in [-0.2, 0) is 18.4 Å². The minimum absolute atomic E-state index is 0.196. The van der Waals surface area contributed by atoms with Gasteiger partial charge in [0.1, 0.15) is 5.75 Å². The fourth-order valence-corrected chi connectivity index (χ4v) is 4.68. The Hall–Kier alpha value is -0.540. The number of ether oxygens (including phenoxy) is 1. The molecular weight excluding hydrogens is 314 g/mol. The highest BCUT2D eigenvalue weighted by Gasteiger charge is 2.34. The third-order valence-electron chi connectivity index (χ3n) is 5.02. The summed E-state index contributed by atoms with van der Waals surface area (Å²) in [6.07, 6.45) is 10.8. The molecule has 0 saturated heterocycles. The summed E-state index contributed by atoms with van der Waals surface area (Å²) < 4.78 is 6.89. The second kappa shape index (κ2) is 5.69. The molecular formula is C17H24BrNO. The highest BCUT2D eigenvalue weighted by atomic mass is 79.9. The van der Waals surface area contributed by atoms with Crippen LogP contribution in [0.25, 0.3) is 0 Å². The number of fused-ring (bicyclic) bond motifs is 1. The average molecular weight is 338 g/mol. The smallest absolute Gasteiger partial charge is 0.138 e. The molecule has 0 heterocycles. The van der Waals surface area contributed by atoms with Crippen LogP contribution in [0.5, 0.6) is 5.75 Å². The SMILES string of the molecule is COc1c(C2(N)CCCCC2)cc2c(c1Br)CCCC2. The lowest BCUT2D eigenvalue weighted by Crippen LogP contribution is -2.39. The van der Waals surface area contributed by atoms with E-state index in [0.29, 0.717) is 0 Å². The topological polar surface area (TPSA) is 35.2 Å². The van der Waals surface area contributed by atoms with Crippen LogP contribution in [0.1, 0.15) is 61.6 Å². The van der Waals surface area contributed by atoms with Crippen LogP contribution in [0.4, 0.5) is 0 Å². The molecule has 0 radical (unpaired) electrons. The van der Waals surface area contributed by atoms with Gasteiger partial charge in [-0.2, -0.15) is 0 Å². The molecule has 110 valence electrons. The Morgan fingerprint density at radius 2 is 1.80 bits per heavy atom. The summed E-state index contributed by atoms with van der Waals surface area (Å²) >= 11 is 3.79. The van der Waals surface area contributed by atoms with Crippen molar-refractivity contribution in [2.75, 3.05) is 7.11 Å². The first-order valence-corrected chi connectivity index (χ1v) is 8.62. The Morgan fingerprint density at radius 1 is 1.10 bits per heavy atom. The summed E-state index contributed by atoms with van der Waals surface area (Å²) in [7, 11) is 1.77. The molecule has 0 aromatic heterocycles. The number of nitrogens with two attached hydrogens (primary N) is 1. The average Bonchev–Trinajstić information content (AvgIpc) is 2.48.